The molecule has 1 aromatic heterocycles. The summed E-state index contributed by atoms with van der Waals surface area (Å²) in [7, 11) is -5.16. The lowest BCUT2D eigenvalue weighted by Gasteiger charge is -2.24. The summed E-state index contributed by atoms with van der Waals surface area (Å²) in [6.07, 6.45) is 1.67. The van der Waals surface area contributed by atoms with Gasteiger partial charge in [-0.2, -0.15) is 0 Å². The van der Waals surface area contributed by atoms with Gasteiger partial charge in [0, 0.05) is 6.42 Å². The van der Waals surface area contributed by atoms with Crippen molar-refractivity contribution in [1.82, 2.24) is 9.97 Å². The van der Waals surface area contributed by atoms with Gasteiger partial charge in [0.15, 0.2) is 0 Å². The second-order valence-electron chi connectivity index (χ2n) is 9.63. The molecular weight excluding hydrogens is 425 g/mol. The van der Waals surface area contributed by atoms with Crippen molar-refractivity contribution in [3.63, 3.8) is 0 Å². The highest BCUT2D eigenvalue weighted by molar-refractivity contribution is 8.28. The SMILES string of the molecule is C[Si](C)(C)Nc1ncnc(S[Si](C)(C)C)c1NC(=O)CCC(=O)O[Si](C)(C)C. The molecule has 0 aliphatic rings. The summed E-state index contributed by atoms with van der Waals surface area (Å²) in [5, 5.41) is 3.71. The summed E-state index contributed by atoms with van der Waals surface area (Å²) in [5.41, 5.74) is 0.612. The normalized spacial score (nSPS) is 12.5. The molecule has 28 heavy (non-hydrogen) atoms. The van der Waals surface area contributed by atoms with Gasteiger partial charge in [0.2, 0.25) is 14.2 Å². The van der Waals surface area contributed by atoms with Gasteiger partial charge in [0.05, 0.1) is 6.42 Å². The third kappa shape index (κ3) is 10.4. The Labute approximate surface area is 175 Å². The van der Waals surface area contributed by atoms with Crippen molar-refractivity contribution in [2.45, 2.75) is 76.8 Å². The topological polar surface area (TPSA) is 93.2 Å². The Morgan fingerprint density at radius 1 is 1.00 bits per heavy atom. The van der Waals surface area contributed by atoms with E-state index < -0.39 is 23.8 Å². The smallest absolute Gasteiger partial charge is 0.292 e. The molecule has 1 aromatic rings. The van der Waals surface area contributed by atoms with E-state index in [2.05, 4.69) is 59.5 Å². The number of carbonyl (C=O) groups is 2. The van der Waals surface area contributed by atoms with Crippen LogP contribution in [0, 0.1) is 0 Å². The fourth-order valence-corrected chi connectivity index (χ4v) is 6.93. The quantitative estimate of drug-likeness (QED) is 0.407. The second-order valence-corrected chi connectivity index (χ2v) is 27.9. The van der Waals surface area contributed by atoms with Gasteiger partial charge in [-0.25, -0.2) is 9.97 Å². The second kappa shape index (κ2) is 9.55. The molecule has 1 heterocycles. The first kappa shape index (κ1) is 24.9. The van der Waals surface area contributed by atoms with Crippen LogP contribution in [0.3, 0.4) is 0 Å². The highest BCUT2D eigenvalue weighted by atomic mass is 32.4. The fourth-order valence-electron chi connectivity index (χ4n) is 2.11. The van der Waals surface area contributed by atoms with E-state index in [0.717, 1.165) is 5.03 Å². The van der Waals surface area contributed by atoms with Gasteiger partial charge in [-0.05, 0) is 19.6 Å². The van der Waals surface area contributed by atoms with E-state index in [-0.39, 0.29) is 24.7 Å². The number of hydrogen-bond donors (Lipinski definition) is 2. The zero-order valence-electron chi connectivity index (χ0n) is 18.5. The van der Waals surface area contributed by atoms with E-state index in [0.29, 0.717) is 11.5 Å². The predicted molar refractivity (Wildman–Crippen MR) is 126 cm³/mol. The van der Waals surface area contributed by atoms with Crippen LogP contribution in [0.15, 0.2) is 11.4 Å². The molecule has 1 rings (SSSR count). The molecule has 0 fully saturated rings. The summed E-state index contributed by atoms with van der Waals surface area (Å²) in [6, 6.07) is 0. The number of anilines is 2. The summed E-state index contributed by atoms with van der Waals surface area (Å²) in [5.74, 6) is 0.0853. The molecule has 11 heteroatoms. The van der Waals surface area contributed by atoms with Crippen LogP contribution < -0.4 is 10.3 Å². The maximum absolute atomic E-state index is 12.5. The predicted octanol–water partition coefficient (Wildman–Crippen LogP) is 4.75. The van der Waals surface area contributed by atoms with Crippen molar-refractivity contribution in [3.05, 3.63) is 6.33 Å². The van der Waals surface area contributed by atoms with Crippen LogP contribution in [0.25, 0.3) is 0 Å². The Hall–Kier alpha value is -1.18. The van der Waals surface area contributed by atoms with Gasteiger partial charge in [-0.15, -0.1) is 11.2 Å². The lowest BCUT2D eigenvalue weighted by molar-refractivity contribution is -0.136. The molecule has 1 amide bonds. The molecule has 0 unspecified atom stereocenters. The van der Waals surface area contributed by atoms with Crippen molar-refractivity contribution in [2.24, 2.45) is 0 Å². The molecule has 0 spiro atoms. The molecule has 7 nitrogen and oxygen atoms in total. The molecule has 0 radical (unpaired) electrons. The van der Waals surface area contributed by atoms with Crippen LogP contribution in [0.5, 0.6) is 0 Å². The summed E-state index contributed by atoms with van der Waals surface area (Å²) < 4.78 is 5.41. The van der Waals surface area contributed by atoms with Crippen molar-refractivity contribution >= 4 is 58.4 Å². The van der Waals surface area contributed by atoms with Crippen LogP contribution in [0.2, 0.25) is 58.9 Å². The van der Waals surface area contributed by atoms with Crippen LogP contribution >= 0.6 is 11.2 Å². The minimum atomic E-state index is -1.94. The number of amides is 1. The Morgan fingerprint density at radius 2 is 1.61 bits per heavy atom. The molecule has 0 aliphatic carbocycles. The van der Waals surface area contributed by atoms with Gasteiger partial charge in [-0.3, -0.25) is 9.59 Å². The summed E-state index contributed by atoms with van der Waals surface area (Å²) >= 11 is 1.70. The summed E-state index contributed by atoms with van der Waals surface area (Å²) in [6.45, 7) is 19.0. The monoisotopic (exact) mass is 458 g/mol. The van der Waals surface area contributed by atoms with E-state index >= 15 is 0 Å². The Balaban J connectivity index is 2.99. The first-order chi connectivity index (χ1) is 12.6. The fraction of sp³-hybridized carbons (Fsp3) is 0.647. The number of nitrogens with zero attached hydrogens (tertiary/aromatic N) is 2. The van der Waals surface area contributed by atoms with Crippen molar-refractivity contribution in [1.29, 1.82) is 0 Å². The third-order valence-corrected chi connectivity index (χ3v) is 8.31. The standard InChI is InChI=1S/C17H34N4O3SSi3/c1-26(2,3)21-16-15(17(19-12-18-16)25-28(7,8)9)20-13(22)10-11-14(23)24-27(4,5)6/h12H,10-11H2,1-9H3,(H,20,22)(H,18,19,21). The number of carbonyl (C=O) groups excluding carboxylic acids is 2. The van der Waals surface area contributed by atoms with Crippen LogP contribution in [0.4, 0.5) is 11.5 Å². The number of rotatable bonds is 9. The van der Waals surface area contributed by atoms with Gasteiger partial charge in [-0.1, -0.05) is 39.3 Å². The Morgan fingerprint density at radius 3 is 2.11 bits per heavy atom. The zero-order valence-corrected chi connectivity index (χ0v) is 22.3. The molecule has 2 N–H and O–H groups in total. The van der Waals surface area contributed by atoms with Crippen LogP contribution in [0.1, 0.15) is 12.8 Å². The lowest BCUT2D eigenvalue weighted by atomic mass is 10.3. The molecule has 158 valence electrons. The van der Waals surface area contributed by atoms with Gasteiger partial charge in [0.1, 0.15) is 38.3 Å². The van der Waals surface area contributed by atoms with Gasteiger partial charge >= 0.3 is 0 Å². The van der Waals surface area contributed by atoms with Crippen molar-refractivity contribution in [3.8, 4) is 0 Å². The summed E-state index contributed by atoms with van der Waals surface area (Å²) in [4.78, 5) is 36.7. The van der Waals surface area contributed by atoms with E-state index in [1.54, 1.807) is 11.2 Å². The lowest BCUT2D eigenvalue weighted by Crippen LogP contribution is -2.33. The first-order valence-corrected chi connectivity index (χ1v) is 21.3. The largest absolute Gasteiger partial charge is 0.520 e. The van der Waals surface area contributed by atoms with E-state index in [1.165, 1.54) is 6.33 Å². The number of nitrogens with one attached hydrogen (secondary N) is 2. The van der Waals surface area contributed by atoms with Gasteiger partial charge in [0.25, 0.3) is 5.97 Å². The third-order valence-electron chi connectivity index (χ3n) is 2.95. The van der Waals surface area contributed by atoms with Gasteiger partial charge < -0.3 is 14.7 Å². The maximum atomic E-state index is 12.5. The highest BCUT2D eigenvalue weighted by Crippen LogP contribution is 2.36. The number of hydrogen-bond acceptors (Lipinski definition) is 7. The average molecular weight is 459 g/mol. The molecule has 0 bridgehead atoms. The molecule has 0 aliphatic heterocycles. The first-order valence-electron chi connectivity index (χ1n) is 9.40. The minimum absolute atomic E-state index is 0.0665. The van der Waals surface area contributed by atoms with Crippen LogP contribution in [-0.4, -0.2) is 45.6 Å². The van der Waals surface area contributed by atoms with Crippen molar-refractivity contribution < 1.29 is 14.0 Å². The van der Waals surface area contributed by atoms with E-state index in [9.17, 15) is 9.59 Å². The van der Waals surface area contributed by atoms with E-state index in [4.69, 9.17) is 4.43 Å². The minimum Gasteiger partial charge on any atom is -0.520 e. The maximum Gasteiger partial charge on any atom is 0.292 e. The molecule has 0 saturated carbocycles. The van der Waals surface area contributed by atoms with E-state index in [1.807, 2.05) is 19.6 Å². The van der Waals surface area contributed by atoms with Crippen molar-refractivity contribution in [2.75, 3.05) is 10.3 Å². The average Bonchev–Trinajstić information content (AvgIpc) is 2.43. The zero-order chi connectivity index (χ0) is 21.8. The Kier molecular flexibility index (Phi) is 8.48. The number of aromatic nitrogens is 2. The molecule has 0 aromatic carbocycles. The Bertz CT molecular complexity index is 679. The highest BCUT2D eigenvalue weighted by Gasteiger charge is 2.25. The molecule has 0 saturated heterocycles. The van der Waals surface area contributed by atoms with Crippen LogP contribution in [-0.2, 0) is 14.0 Å². The molecular formula is C17H34N4O3SSi3. The molecule has 0 atom stereocenters.